The van der Waals surface area contributed by atoms with Crippen LogP contribution >= 0.6 is 27.5 Å². The van der Waals surface area contributed by atoms with Gasteiger partial charge in [-0.05, 0) is 22.0 Å². The van der Waals surface area contributed by atoms with Crippen LogP contribution in [0.4, 0.5) is 5.69 Å². The Kier molecular flexibility index (Phi) is 7.94. The fourth-order valence-corrected chi connectivity index (χ4v) is 1.68. The van der Waals surface area contributed by atoms with Crippen molar-refractivity contribution in [3.8, 4) is 0 Å². The van der Waals surface area contributed by atoms with Crippen LogP contribution in [0.2, 0.25) is 5.02 Å². The van der Waals surface area contributed by atoms with Gasteiger partial charge in [0.2, 0.25) is 5.96 Å². The Labute approximate surface area is 132 Å². The summed E-state index contributed by atoms with van der Waals surface area (Å²) in [6, 6.07) is 2.72. The molecule has 5 N–H and O–H groups in total. The number of nitrogens with zero attached hydrogens (tertiary/aromatic N) is 3. The molecule has 11 heteroatoms. The first-order valence-corrected chi connectivity index (χ1v) is 6.27. The van der Waals surface area contributed by atoms with Crippen molar-refractivity contribution in [1.29, 1.82) is 0 Å². The van der Waals surface area contributed by atoms with Crippen LogP contribution in [0.3, 0.4) is 0 Å². The van der Waals surface area contributed by atoms with E-state index >= 15 is 0 Å². The largest absolute Gasteiger partial charge is 0.481 e. The molecule has 21 heavy (non-hydrogen) atoms. The molecule has 0 aliphatic rings. The SMILES string of the molecule is CC(=O)O.NC(N)=N/N=C/c1cc(Cl)cc([N+](=O)[O-])c1Br. The summed E-state index contributed by atoms with van der Waals surface area (Å²) >= 11 is 8.82. The van der Waals surface area contributed by atoms with Crippen LogP contribution in [0.5, 0.6) is 0 Å². The van der Waals surface area contributed by atoms with Crippen molar-refractivity contribution in [3.05, 3.63) is 37.3 Å². The van der Waals surface area contributed by atoms with E-state index in [9.17, 15) is 10.1 Å². The second kappa shape index (κ2) is 8.87. The maximum atomic E-state index is 10.7. The number of carbonyl (C=O) groups is 1. The number of hydrogen-bond donors (Lipinski definition) is 3. The van der Waals surface area contributed by atoms with Gasteiger partial charge in [-0.2, -0.15) is 5.10 Å². The maximum Gasteiger partial charge on any atom is 0.300 e. The van der Waals surface area contributed by atoms with Gasteiger partial charge in [0.1, 0.15) is 4.47 Å². The number of nitrogens with two attached hydrogens (primary N) is 2. The fraction of sp³-hybridized carbons (Fsp3) is 0.100. The summed E-state index contributed by atoms with van der Waals surface area (Å²) in [5, 5.41) is 25.3. The van der Waals surface area contributed by atoms with E-state index in [1.54, 1.807) is 0 Å². The summed E-state index contributed by atoms with van der Waals surface area (Å²) in [6.45, 7) is 1.08. The maximum absolute atomic E-state index is 10.7. The molecule has 0 unspecified atom stereocenters. The molecular formula is C10H11BrClN5O4. The number of aliphatic carboxylic acids is 1. The molecule has 0 aromatic heterocycles. The van der Waals surface area contributed by atoms with Crippen LogP contribution < -0.4 is 11.5 Å². The highest BCUT2D eigenvalue weighted by Gasteiger charge is 2.16. The van der Waals surface area contributed by atoms with Gasteiger partial charge in [-0.25, -0.2) is 0 Å². The van der Waals surface area contributed by atoms with E-state index < -0.39 is 10.9 Å². The molecule has 1 aromatic carbocycles. The minimum atomic E-state index is -0.833. The minimum Gasteiger partial charge on any atom is -0.481 e. The zero-order valence-electron chi connectivity index (χ0n) is 10.7. The molecule has 9 nitrogen and oxygen atoms in total. The second-order valence-electron chi connectivity index (χ2n) is 3.37. The Balaban J connectivity index is 0.000000885. The van der Waals surface area contributed by atoms with Gasteiger partial charge in [-0.1, -0.05) is 11.6 Å². The number of halogens is 2. The number of benzene rings is 1. The summed E-state index contributed by atoms with van der Waals surface area (Å²) in [5.74, 6) is -1.05. The van der Waals surface area contributed by atoms with Crippen molar-refractivity contribution in [1.82, 2.24) is 0 Å². The highest BCUT2D eigenvalue weighted by Crippen LogP contribution is 2.31. The van der Waals surface area contributed by atoms with Crippen LogP contribution in [0.15, 0.2) is 26.8 Å². The van der Waals surface area contributed by atoms with E-state index in [0.717, 1.165) is 6.92 Å². The third-order valence-corrected chi connectivity index (χ3v) is 2.70. The van der Waals surface area contributed by atoms with Crippen molar-refractivity contribution in [2.75, 3.05) is 0 Å². The number of nitro groups is 1. The van der Waals surface area contributed by atoms with E-state index in [1.165, 1.54) is 18.3 Å². The lowest BCUT2D eigenvalue weighted by atomic mass is 10.2. The number of hydrogen-bond acceptors (Lipinski definition) is 5. The van der Waals surface area contributed by atoms with Gasteiger partial charge in [-0.3, -0.25) is 14.9 Å². The predicted octanol–water partition coefficient (Wildman–Crippen LogP) is 1.71. The number of nitro benzene ring substituents is 1. The van der Waals surface area contributed by atoms with E-state index in [4.69, 9.17) is 33.0 Å². The van der Waals surface area contributed by atoms with E-state index in [1.807, 2.05) is 0 Å². The van der Waals surface area contributed by atoms with Gasteiger partial charge >= 0.3 is 0 Å². The Bertz CT molecular complexity index is 597. The molecule has 0 radical (unpaired) electrons. The molecular weight excluding hydrogens is 369 g/mol. The van der Waals surface area contributed by atoms with Crippen molar-refractivity contribution < 1.29 is 14.8 Å². The highest BCUT2D eigenvalue weighted by atomic mass is 79.9. The molecule has 0 bridgehead atoms. The van der Waals surface area contributed by atoms with Crippen LogP contribution in [0.25, 0.3) is 0 Å². The van der Waals surface area contributed by atoms with Crippen LogP contribution in [-0.4, -0.2) is 28.2 Å². The first-order valence-electron chi connectivity index (χ1n) is 5.10. The quantitative estimate of drug-likeness (QED) is 0.313. The molecule has 0 saturated carbocycles. The van der Waals surface area contributed by atoms with E-state index in [2.05, 4.69) is 26.1 Å². The molecule has 0 atom stereocenters. The van der Waals surface area contributed by atoms with Gasteiger partial charge in [-0.15, -0.1) is 5.10 Å². The van der Waals surface area contributed by atoms with E-state index in [-0.39, 0.29) is 21.1 Å². The average molecular weight is 381 g/mol. The first kappa shape index (κ1) is 18.8. The second-order valence-corrected chi connectivity index (χ2v) is 4.60. The lowest BCUT2D eigenvalue weighted by Gasteiger charge is -2.00. The highest BCUT2D eigenvalue weighted by molar-refractivity contribution is 9.10. The van der Waals surface area contributed by atoms with E-state index in [0.29, 0.717) is 5.56 Å². The monoisotopic (exact) mass is 379 g/mol. The average Bonchev–Trinajstić information content (AvgIpc) is 2.31. The van der Waals surface area contributed by atoms with Gasteiger partial charge in [0.05, 0.1) is 11.1 Å². The Hall–Kier alpha value is -2.20. The molecule has 0 aliphatic heterocycles. The standard InChI is InChI=1S/C8H7BrClN5O2.C2H4O2/c9-7-4(3-13-14-8(11)12)1-5(10)2-6(7)15(16)17;1-2(3)4/h1-3H,(H4,11,12,14);1H3,(H,3,4)/b13-3+;. The van der Waals surface area contributed by atoms with Gasteiger partial charge in [0, 0.05) is 23.6 Å². The minimum absolute atomic E-state index is 0.163. The molecule has 0 aliphatic carbocycles. The topological polar surface area (TPSA) is 157 Å². The Morgan fingerprint density at radius 2 is 2.05 bits per heavy atom. The number of carboxylic acid groups (broad SMARTS) is 1. The van der Waals surface area contributed by atoms with Gasteiger partial charge < -0.3 is 16.6 Å². The molecule has 0 fully saturated rings. The number of carboxylic acids is 1. The smallest absolute Gasteiger partial charge is 0.300 e. The van der Waals surface area contributed by atoms with Crippen molar-refractivity contribution >= 4 is 51.4 Å². The number of guanidine groups is 1. The van der Waals surface area contributed by atoms with Gasteiger partial charge in [0.15, 0.2) is 0 Å². The van der Waals surface area contributed by atoms with Crippen molar-refractivity contribution in [2.45, 2.75) is 6.92 Å². The Morgan fingerprint density at radius 3 is 2.48 bits per heavy atom. The lowest BCUT2D eigenvalue weighted by Crippen LogP contribution is -2.21. The summed E-state index contributed by atoms with van der Waals surface area (Å²) in [6.07, 6.45) is 1.25. The molecule has 0 saturated heterocycles. The predicted molar refractivity (Wildman–Crippen MR) is 82.5 cm³/mol. The zero-order valence-corrected chi connectivity index (χ0v) is 13.0. The van der Waals surface area contributed by atoms with Crippen molar-refractivity contribution in [2.24, 2.45) is 21.7 Å². The molecule has 114 valence electrons. The Morgan fingerprint density at radius 1 is 1.52 bits per heavy atom. The zero-order chi connectivity index (χ0) is 16.6. The third-order valence-electron chi connectivity index (χ3n) is 1.61. The van der Waals surface area contributed by atoms with Crippen molar-refractivity contribution in [3.63, 3.8) is 0 Å². The third kappa shape index (κ3) is 7.84. The normalized spacial score (nSPS) is 9.67. The molecule has 1 aromatic rings. The molecule has 1 rings (SSSR count). The summed E-state index contributed by atoms with van der Waals surface area (Å²) in [7, 11) is 0. The fourth-order valence-electron chi connectivity index (χ4n) is 0.980. The van der Waals surface area contributed by atoms with Crippen LogP contribution in [0.1, 0.15) is 12.5 Å². The molecule has 0 heterocycles. The summed E-state index contributed by atoms with van der Waals surface area (Å²) in [5.41, 5.74) is 10.4. The molecule has 0 spiro atoms. The van der Waals surface area contributed by atoms with Gasteiger partial charge in [0.25, 0.3) is 11.7 Å². The summed E-state index contributed by atoms with van der Waals surface area (Å²) in [4.78, 5) is 19.2. The van der Waals surface area contributed by atoms with Crippen LogP contribution in [-0.2, 0) is 4.79 Å². The first-order chi connectivity index (χ1) is 9.65. The number of rotatable bonds is 3. The summed E-state index contributed by atoms with van der Waals surface area (Å²) < 4.78 is 0.251. The van der Waals surface area contributed by atoms with Crippen LogP contribution in [0, 0.1) is 10.1 Å². The lowest BCUT2D eigenvalue weighted by molar-refractivity contribution is -0.385. The molecule has 0 amide bonds.